The molecule has 0 unspecified atom stereocenters. The zero-order valence-electron chi connectivity index (χ0n) is 7.70. The molecule has 0 bridgehead atoms. The Labute approximate surface area is 90.2 Å². The van der Waals surface area contributed by atoms with E-state index >= 15 is 0 Å². The van der Waals surface area contributed by atoms with Crippen LogP contribution in [0.25, 0.3) is 0 Å². The molecule has 1 aromatic carbocycles. The van der Waals surface area contributed by atoms with E-state index in [2.05, 4.69) is 15.9 Å². The van der Waals surface area contributed by atoms with Crippen LogP contribution in [0.4, 0.5) is 5.69 Å². The Bertz CT molecular complexity index is 341. The third-order valence-electron chi connectivity index (χ3n) is 1.82. The van der Waals surface area contributed by atoms with Gasteiger partial charge in [0.1, 0.15) is 0 Å². The van der Waals surface area contributed by atoms with E-state index in [1.807, 2.05) is 0 Å². The summed E-state index contributed by atoms with van der Waals surface area (Å²) in [5.74, 6) is 0. The first-order valence-electron chi connectivity index (χ1n) is 4.07. The summed E-state index contributed by atoms with van der Waals surface area (Å²) in [4.78, 5) is 10.1. The second-order valence-corrected chi connectivity index (χ2v) is 3.63. The van der Waals surface area contributed by atoms with Crippen molar-refractivity contribution in [3.05, 3.63) is 38.3 Å². The number of rotatable bonds is 4. The van der Waals surface area contributed by atoms with Gasteiger partial charge in [-0.05, 0) is 18.1 Å². The van der Waals surface area contributed by atoms with Gasteiger partial charge in [-0.25, -0.2) is 0 Å². The predicted molar refractivity (Wildman–Crippen MR) is 56.4 cm³/mol. The summed E-state index contributed by atoms with van der Waals surface area (Å²) >= 11 is 3.33. The van der Waals surface area contributed by atoms with Crippen LogP contribution in [-0.2, 0) is 11.2 Å². The molecule has 1 aromatic rings. The molecule has 4 nitrogen and oxygen atoms in total. The van der Waals surface area contributed by atoms with E-state index in [-0.39, 0.29) is 5.69 Å². The van der Waals surface area contributed by atoms with Gasteiger partial charge in [0, 0.05) is 23.7 Å². The molecule has 0 fully saturated rings. The van der Waals surface area contributed by atoms with Crippen LogP contribution in [-0.4, -0.2) is 18.6 Å². The average molecular weight is 260 g/mol. The molecule has 5 heteroatoms. The molecular formula is C9H10BrNO3. The fourth-order valence-electron chi connectivity index (χ4n) is 1.08. The molecule has 0 atom stereocenters. The largest absolute Gasteiger partial charge is 0.384 e. The van der Waals surface area contributed by atoms with Gasteiger partial charge in [-0.3, -0.25) is 10.1 Å². The summed E-state index contributed by atoms with van der Waals surface area (Å²) in [5.41, 5.74) is 1.00. The van der Waals surface area contributed by atoms with Crippen LogP contribution < -0.4 is 0 Å². The second-order valence-electron chi connectivity index (χ2n) is 2.78. The SMILES string of the molecule is COCCc1cc([N+](=O)[O-])ccc1Br. The average Bonchev–Trinajstić information content (AvgIpc) is 2.16. The van der Waals surface area contributed by atoms with Crippen molar-refractivity contribution in [3.63, 3.8) is 0 Å². The van der Waals surface area contributed by atoms with Crippen LogP contribution >= 0.6 is 15.9 Å². The second kappa shape index (κ2) is 5.07. The molecule has 0 N–H and O–H groups in total. The highest BCUT2D eigenvalue weighted by Gasteiger charge is 2.08. The van der Waals surface area contributed by atoms with E-state index in [0.29, 0.717) is 13.0 Å². The van der Waals surface area contributed by atoms with Gasteiger partial charge in [-0.2, -0.15) is 0 Å². The highest BCUT2D eigenvalue weighted by Crippen LogP contribution is 2.22. The molecule has 0 radical (unpaired) electrons. The maximum atomic E-state index is 10.5. The quantitative estimate of drug-likeness (QED) is 0.617. The maximum absolute atomic E-state index is 10.5. The minimum atomic E-state index is -0.400. The Kier molecular flexibility index (Phi) is 4.03. The number of hydrogen-bond donors (Lipinski definition) is 0. The Morgan fingerprint density at radius 1 is 1.57 bits per heavy atom. The third kappa shape index (κ3) is 2.78. The van der Waals surface area contributed by atoms with Crippen LogP contribution in [0.2, 0.25) is 0 Å². The van der Waals surface area contributed by atoms with E-state index in [4.69, 9.17) is 4.74 Å². The molecule has 0 aromatic heterocycles. The molecule has 0 aliphatic heterocycles. The Hall–Kier alpha value is -0.940. The van der Waals surface area contributed by atoms with Crippen molar-refractivity contribution < 1.29 is 9.66 Å². The minimum Gasteiger partial charge on any atom is -0.384 e. The van der Waals surface area contributed by atoms with Crippen LogP contribution in [0.5, 0.6) is 0 Å². The van der Waals surface area contributed by atoms with E-state index in [1.54, 1.807) is 19.2 Å². The molecule has 0 saturated heterocycles. The Morgan fingerprint density at radius 3 is 2.86 bits per heavy atom. The van der Waals surface area contributed by atoms with E-state index in [9.17, 15) is 10.1 Å². The number of methoxy groups -OCH3 is 1. The topological polar surface area (TPSA) is 52.4 Å². The lowest BCUT2D eigenvalue weighted by Gasteiger charge is -2.03. The van der Waals surface area contributed by atoms with Gasteiger partial charge < -0.3 is 4.74 Å². The van der Waals surface area contributed by atoms with Gasteiger partial charge in [0.15, 0.2) is 0 Å². The molecule has 0 amide bonds. The van der Waals surface area contributed by atoms with Crippen molar-refractivity contribution in [2.24, 2.45) is 0 Å². The van der Waals surface area contributed by atoms with E-state index < -0.39 is 4.92 Å². The van der Waals surface area contributed by atoms with Gasteiger partial charge in [-0.15, -0.1) is 0 Å². The summed E-state index contributed by atoms with van der Waals surface area (Å²) in [5, 5.41) is 10.5. The van der Waals surface area contributed by atoms with Crippen LogP contribution in [0.3, 0.4) is 0 Å². The van der Waals surface area contributed by atoms with E-state index in [1.165, 1.54) is 6.07 Å². The smallest absolute Gasteiger partial charge is 0.269 e. The third-order valence-corrected chi connectivity index (χ3v) is 2.59. The number of ether oxygens (including phenoxy) is 1. The summed E-state index contributed by atoms with van der Waals surface area (Å²) in [6.45, 7) is 0.555. The number of halogens is 1. The van der Waals surface area contributed by atoms with Gasteiger partial charge in [-0.1, -0.05) is 15.9 Å². The standard InChI is InChI=1S/C9H10BrNO3/c1-14-5-4-7-6-8(11(12)13)2-3-9(7)10/h2-3,6H,4-5H2,1H3. The predicted octanol–water partition coefficient (Wildman–Crippen LogP) is 2.55. The maximum Gasteiger partial charge on any atom is 0.269 e. The molecule has 0 saturated carbocycles. The van der Waals surface area contributed by atoms with Crippen LogP contribution in [0.15, 0.2) is 22.7 Å². The monoisotopic (exact) mass is 259 g/mol. The Morgan fingerprint density at radius 2 is 2.29 bits per heavy atom. The first-order valence-corrected chi connectivity index (χ1v) is 4.86. The fourth-order valence-corrected chi connectivity index (χ4v) is 1.52. The van der Waals surface area contributed by atoms with Crippen molar-refractivity contribution in [3.8, 4) is 0 Å². The Balaban J connectivity index is 2.90. The first-order chi connectivity index (χ1) is 6.65. The number of benzene rings is 1. The lowest BCUT2D eigenvalue weighted by atomic mass is 10.1. The summed E-state index contributed by atoms with van der Waals surface area (Å²) in [6, 6.07) is 4.71. The molecule has 76 valence electrons. The molecule has 0 spiro atoms. The van der Waals surface area contributed by atoms with Crippen LogP contribution in [0.1, 0.15) is 5.56 Å². The van der Waals surface area contributed by atoms with Crippen molar-refractivity contribution in [2.75, 3.05) is 13.7 Å². The van der Waals surface area contributed by atoms with E-state index in [0.717, 1.165) is 10.0 Å². The fraction of sp³-hybridized carbons (Fsp3) is 0.333. The minimum absolute atomic E-state index is 0.110. The van der Waals surface area contributed by atoms with Crippen molar-refractivity contribution in [1.29, 1.82) is 0 Å². The summed E-state index contributed by atoms with van der Waals surface area (Å²) < 4.78 is 5.79. The number of nitro groups is 1. The van der Waals surface area contributed by atoms with Gasteiger partial charge in [0.2, 0.25) is 0 Å². The highest BCUT2D eigenvalue weighted by molar-refractivity contribution is 9.10. The molecule has 0 aliphatic rings. The normalized spacial score (nSPS) is 10.1. The van der Waals surface area contributed by atoms with Crippen LogP contribution in [0, 0.1) is 10.1 Å². The number of nitrogens with zero attached hydrogens (tertiary/aromatic N) is 1. The van der Waals surface area contributed by atoms with Gasteiger partial charge in [0.25, 0.3) is 5.69 Å². The van der Waals surface area contributed by atoms with Crippen molar-refractivity contribution >= 4 is 21.6 Å². The number of non-ortho nitro benzene ring substituents is 1. The summed E-state index contributed by atoms with van der Waals surface area (Å²) in [7, 11) is 1.60. The first kappa shape index (κ1) is 11.1. The van der Waals surface area contributed by atoms with Gasteiger partial charge in [0.05, 0.1) is 11.5 Å². The highest BCUT2D eigenvalue weighted by atomic mass is 79.9. The number of nitro benzene ring substituents is 1. The lowest BCUT2D eigenvalue weighted by Crippen LogP contribution is -1.97. The van der Waals surface area contributed by atoms with Crippen molar-refractivity contribution in [1.82, 2.24) is 0 Å². The van der Waals surface area contributed by atoms with Crippen molar-refractivity contribution in [2.45, 2.75) is 6.42 Å². The zero-order valence-corrected chi connectivity index (χ0v) is 9.28. The molecule has 14 heavy (non-hydrogen) atoms. The molecule has 0 heterocycles. The lowest BCUT2D eigenvalue weighted by molar-refractivity contribution is -0.384. The summed E-state index contributed by atoms with van der Waals surface area (Å²) in [6.07, 6.45) is 0.665. The van der Waals surface area contributed by atoms with Gasteiger partial charge >= 0.3 is 0 Å². The molecule has 1 rings (SSSR count). The molecule has 0 aliphatic carbocycles. The zero-order chi connectivity index (χ0) is 10.6. The molecular weight excluding hydrogens is 250 g/mol. The number of hydrogen-bond acceptors (Lipinski definition) is 3.